The molecule has 0 atom stereocenters. The number of hydrogen-bond acceptors (Lipinski definition) is 5. The first-order valence-electron chi connectivity index (χ1n) is 6.20. The molecule has 0 bridgehead atoms. The van der Waals surface area contributed by atoms with Crippen LogP contribution in [-0.2, 0) is 6.54 Å². The van der Waals surface area contributed by atoms with Crippen molar-refractivity contribution in [1.82, 2.24) is 25.1 Å². The van der Waals surface area contributed by atoms with Gasteiger partial charge in [-0.05, 0) is 23.6 Å². The molecule has 0 aliphatic rings. The van der Waals surface area contributed by atoms with Crippen molar-refractivity contribution in [1.29, 1.82) is 0 Å². The molecule has 0 unspecified atom stereocenters. The average Bonchev–Trinajstić information content (AvgIpc) is 3.19. The summed E-state index contributed by atoms with van der Waals surface area (Å²) < 4.78 is 1.49. The second-order valence-corrected chi connectivity index (χ2v) is 5.13. The first-order valence-corrected chi connectivity index (χ1v) is 7.08. The SMILES string of the molecule is O=C(NCc1cccs1)Nc1cccnc1-n1cncn1. The fourth-order valence-corrected chi connectivity index (χ4v) is 2.39. The zero-order valence-corrected chi connectivity index (χ0v) is 11.7. The van der Waals surface area contributed by atoms with E-state index in [0.29, 0.717) is 18.1 Å². The zero-order valence-electron chi connectivity index (χ0n) is 10.9. The fourth-order valence-electron chi connectivity index (χ4n) is 1.74. The molecule has 2 amide bonds. The Hall–Kier alpha value is -2.74. The van der Waals surface area contributed by atoms with Crippen LogP contribution in [-0.4, -0.2) is 25.8 Å². The van der Waals surface area contributed by atoms with Crippen molar-refractivity contribution in [2.75, 3.05) is 5.32 Å². The molecule has 3 aromatic rings. The van der Waals surface area contributed by atoms with Crippen molar-refractivity contribution in [3.63, 3.8) is 0 Å². The van der Waals surface area contributed by atoms with Gasteiger partial charge in [-0.2, -0.15) is 5.10 Å². The normalized spacial score (nSPS) is 10.3. The summed E-state index contributed by atoms with van der Waals surface area (Å²) in [6.45, 7) is 0.489. The van der Waals surface area contributed by atoms with Gasteiger partial charge in [-0.3, -0.25) is 0 Å². The maximum absolute atomic E-state index is 11.9. The van der Waals surface area contributed by atoms with Gasteiger partial charge in [-0.25, -0.2) is 19.4 Å². The van der Waals surface area contributed by atoms with Crippen LogP contribution in [0, 0.1) is 0 Å². The number of carbonyl (C=O) groups is 1. The Labute approximate surface area is 124 Å². The van der Waals surface area contributed by atoms with Crippen molar-refractivity contribution >= 4 is 23.1 Å². The molecule has 2 N–H and O–H groups in total. The molecule has 0 aliphatic carbocycles. The highest BCUT2D eigenvalue weighted by molar-refractivity contribution is 7.09. The third-order valence-electron chi connectivity index (χ3n) is 2.67. The van der Waals surface area contributed by atoms with Gasteiger partial charge in [-0.15, -0.1) is 11.3 Å². The number of nitrogens with one attached hydrogen (secondary N) is 2. The van der Waals surface area contributed by atoms with E-state index in [1.165, 1.54) is 17.3 Å². The molecule has 0 fully saturated rings. The second-order valence-electron chi connectivity index (χ2n) is 4.10. The summed E-state index contributed by atoms with van der Waals surface area (Å²) in [5, 5.41) is 11.5. The van der Waals surface area contributed by atoms with Crippen molar-refractivity contribution < 1.29 is 4.79 Å². The highest BCUT2D eigenvalue weighted by atomic mass is 32.1. The number of pyridine rings is 1. The monoisotopic (exact) mass is 300 g/mol. The Kier molecular flexibility index (Phi) is 3.88. The van der Waals surface area contributed by atoms with Gasteiger partial charge in [0.25, 0.3) is 0 Å². The summed E-state index contributed by atoms with van der Waals surface area (Å²) in [4.78, 5) is 21.1. The maximum atomic E-state index is 11.9. The summed E-state index contributed by atoms with van der Waals surface area (Å²) in [5.41, 5.74) is 0.562. The highest BCUT2D eigenvalue weighted by Gasteiger charge is 2.09. The number of rotatable bonds is 4. The summed E-state index contributed by atoms with van der Waals surface area (Å²) in [6, 6.07) is 7.13. The Morgan fingerprint density at radius 3 is 3.05 bits per heavy atom. The molecule has 3 rings (SSSR count). The molecular formula is C13H12N6OS. The van der Waals surface area contributed by atoms with E-state index in [4.69, 9.17) is 0 Å². The Morgan fingerprint density at radius 1 is 1.33 bits per heavy atom. The van der Waals surface area contributed by atoms with Crippen LogP contribution in [0.5, 0.6) is 0 Å². The van der Waals surface area contributed by atoms with Gasteiger partial charge in [0, 0.05) is 11.1 Å². The quantitative estimate of drug-likeness (QED) is 0.772. The van der Waals surface area contributed by atoms with E-state index in [-0.39, 0.29) is 6.03 Å². The van der Waals surface area contributed by atoms with Crippen LogP contribution in [0.4, 0.5) is 10.5 Å². The predicted octanol–water partition coefficient (Wildman–Crippen LogP) is 2.05. The molecule has 0 aliphatic heterocycles. The fraction of sp³-hybridized carbons (Fsp3) is 0.0769. The topological polar surface area (TPSA) is 84.7 Å². The third-order valence-corrected chi connectivity index (χ3v) is 3.55. The summed E-state index contributed by atoms with van der Waals surface area (Å²) in [5.74, 6) is 0.515. The lowest BCUT2D eigenvalue weighted by atomic mass is 10.4. The number of anilines is 1. The van der Waals surface area contributed by atoms with Crippen LogP contribution in [0.2, 0.25) is 0 Å². The van der Waals surface area contributed by atoms with Crippen molar-refractivity contribution in [3.05, 3.63) is 53.4 Å². The lowest BCUT2D eigenvalue weighted by molar-refractivity contribution is 0.252. The van der Waals surface area contributed by atoms with Crippen molar-refractivity contribution in [2.24, 2.45) is 0 Å². The van der Waals surface area contributed by atoms with E-state index in [0.717, 1.165) is 4.88 Å². The Morgan fingerprint density at radius 2 is 2.29 bits per heavy atom. The highest BCUT2D eigenvalue weighted by Crippen LogP contribution is 2.15. The Balaban J connectivity index is 1.69. The van der Waals surface area contributed by atoms with E-state index < -0.39 is 0 Å². The van der Waals surface area contributed by atoms with Gasteiger partial charge in [-0.1, -0.05) is 6.07 Å². The number of carbonyl (C=O) groups excluding carboxylic acids is 1. The molecule has 3 aromatic heterocycles. The largest absolute Gasteiger partial charge is 0.333 e. The number of aromatic nitrogens is 4. The molecule has 0 saturated heterocycles. The van der Waals surface area contributed by atoms with Gasteiger partial charge in [0.15, 0.2) is 5.82 Å². The molecule has 7 nitrogen and oxygen atoms in total. The standard InChI is InChI=1S/C13H12N6OS/c20-13(16-7-10-3-2-6-21-10)18-11-4-1-5-15-12(11)19-9-14-8-17-19/h1-6,8-9H,7H2,(H2,16,18,20). The van der Waals surface area contributed by atoms with E-state index in [1.807, 2.05) is 17.5 Å². The minimum atomic E-state index is -0.294. The van der Waals surface area contributed by atoms with Crippen LogP contribution in [0.25, 0.3) is 5.82 Å². The van der Waals surface area contributed by atoms with E-state index in [9.17, 15) is 4.79 Å². The molecule has 0 saturated carbocycles. The summed E-state index contributed by atoms with van der Waals surface area (Å²) in [7, 11) is 0. The molecule has 21 heavy (non-hydrogen) atoms. The van der Waals surface area contributed by atoms with Gasteiger partial charge < -0.3 is 10.6 Å². The molecule has 3 heterocycles. The van der Waals surface area contributed by atoms with E-state index in [2.05, 4.69) is 25.7 Å². The van der Waals surface area contributed by atoms with Gasteiger partial charge in [0.1, 0.15) is 12.7 Å². The molecule has 8 heteroatoms. The maximum Gasteiger partial charge on any atom is 0.319 e. The average molecular weight is 300 g/mol. The second kappa shape index (κ2) is 6.14. The molecule has 0 aromatic carbocycles. The van der Waals surface area contributed by atoms with Crippen molar-refractivity contribution in [2.45, 2.75) is 6.54 Å². The summed E-state index contributed by atoms with van der Waals surface area (Å²) >= 11 is 1.60. The van der Waals surface area contributed by atoms with Gasteiger partial charge in [0.2, 0.25) is 0 Å². The van der Waals surface area contributed by atoms with Gasteiger partial charge >= 0.3 is 6.03 Å². The minimum Gasteiger partial charge on any atom is -0.333 e. The summed E-state index contributed by atoms with van der Waals surface area (Å²) in [6.07, 6.45) is 4.57. The smallest absolute Gasteiger partial charge is 0.319 e. The van der Waals surface area contributed by atoms with Crippen molar-refractivity contribution in [3.8, 4) is 5.82 Å². The Bertz CT molecular complexity index is 710. The van der Waals surface area contributed by atoms with Crippen LogP contribution >= 0.6 is 11.3 Å². The molecular weight excluding hydrogens is 288 g/mol. The number of hydrogen-bond donors (Lipinski definition) is 2. The minimum absolute atomic E-state index is 0.294. The van der Waals surface area contributed by atoms with Gasteiger partial charge in [0.05, 0.1) is 12.2 Å². The van der Waals surface area contributed by atoms with E-state index in [1.54, 1.807) is 29.7 Å². The number of amides is 2. The first kappa shape index (κ1) is 13.3. The van der Waals surface area contributed by atoms with Crippen LogP contribution in [0.15, 0.2) is 48.5 Å². The zero-order chi connectivity index (χ0) is 14.5. The van der Waals surface area contributed by atoms with Crippen LogP contribution in [0.1, 0.15) is 4.88 Å². The predicted molar refractivity (Wildman–Crippen MR) is 79.3 cm³/mol. The van der Waals surface area contributed by atoms with E-state index >= 15 is 0 Å². The molecule has 0 spiro atoms. The number of thiophene rings is 1. The first-order chi connectivity index (χ1) is 10.3. The molecule has 0 radical (unpaired) electrons. The third kappa shape index (κ3) is 3.23. The number of urea groups is 1. The van der Waals surface area contributed by atoms with Crippen LogP contribution in [0.3, 0.4) is 0 Å². The molecule has 106 valence electrons. The van der Waals surface area contributed by atoms with Crippen LogP contribution < -0.4 is 10.6 Å². The lowest BCUT2D eigenvalue weighted by Crippen LogP contribution is -2.28. The number of nitrogens with zero attached hydrogens (tertiary/aromatic N) is 4. The lowest BCUT2D eigenvalue weighted by Gasteiger charge is -2.10.